The highest BCUT2D eigenvalue weighted by Crippen LogP contribution is 2.21. The summed E-state index contributed by atoms with van der Waals surface area (Å²) in [5.74, 6) is 1.66. The van der Waals surface area contributed by atoms with E-state index in [9.17, 15) is 4.79 Å². The minimum absolute atomic E-state index is 0.123. The first kappa shape index (κ1) is 17.7. The van der Waals surface area contributed by atoms with Gasteiger partial charge < -0.3 is 19.3 Å². The molecule has 3 heterocycles. The molecule has 142 valence electrons. The van der Waals surface area contributed by atoms with Crippen molar-refractivity contribution in [1.82, 2.24) is 14.9 Å². The zero-order chi connectivity index (χ0) is 18.6. The molecule has 2 aliphatic rings. The average molecular weight is 368 g/mol. The first-order valence-corrected chi connectivity index (χ1v) is 9.31. The van der Waals surface area contributed by atoms with E-state index >= 15 is 0 Å². The second kappa shape index (κ2) is 7.92. The summed E-state index contributed by atoms with van der Waals surface area (Å²) in [4.78, 5) is 26.0. The van der Waals surface area contributed by atoms with Crippen LogP contribution in [0, 0.1) is 0 Å². The van der Waals surface area contributed by atoms with Crippen LogP contribution in [0.3, 0.4) is 0 Å². The number of carbonyl (C=O) groups is 1. The third kappa shape index (κ3) is 4.03. The molecule has 1 aromatic carbocycles. The summed E-state index contributed by atoms with van der Waals surface area (Å²) in [7, 11) is 1.64. The molecule has 0 N–H and O–H groups in total. The van der Waals surface area contributed by atoms with Gasteiger partial charge in [0, 0.05) is 25.8 Å². The van der Waals surface area contributed by atoms with Gasteiger partial charge in [-0.15, -0.1) is 0 Å². The Morgan fingerprint density at radius 1 is 1.19 bits per heavy atom. The summed E-state index contributed by atoms with van der Waals surface area (Å²) >= 11 is 0. The summed E-state index contributed by atoms with van der Waals surface area (Å²) in [5, 5.41) is 0. The van der Waals surface area contributed by atoms with Gasteiger partial charge in [0.2, 0.25) is 11.9 Å². The number of hydrogen-bond acceptors (Lipinski definition) is 6. The minimum atomic E-state index is 0.123. The van der Waals surface area contributed by atoms with Gasteiger partial charge in [-0.1, -0.05) is 12.1 Å². The maximum atomic E-state index is 12.7. The second-order valence-electron chi connectivity index (χ2n) is 6.83. The molecule has 0 radical (unpaired) electrons. The largest absolute Gasteiger partial charge is 0.497 e. The van der Waals surface area contributed by atoms with E-state index in [2.05, 4.69) is 9.88 Å². The van der Waals surface area contributed by atoms with Crippen molar-refractivity contribution in [1.29, 1.82) is 0 Å². The highest BCUT2D eigenvalue weighted by molar-refractivity contribution is 5.79. The maximum absolute atomic E-state index is 12.7. The number of fused-ring (bicyclic) bond motifs is 1. The number of aromatic nitrogens is 2. The van der Waals surface area contributed by atoms with Crippen LogP contribution in [-0.2, 0) is 28.9 Å². The third-order valence-corrected chi connectivity index (χ3v) is 5.09. The standard InChI is InChI=1S/C20H24N4O3/c1-26-17-4-2-15(3-5-17)12-19(25)24-7-6-16-13-21-20(22-18(16)14-24)23-8-10-27-11-9-23/h2-5,13H,6-12,14H2,1H3. The van der Waals surface area contributed by atoms with Gasteiger partial charge in [-0.25, -0.2) is 9.97 Å². The van der Waals surface area contributed by atoms with E-state index in [1.165, 1.54) is 0 Å². The predicted molar refractivity (Wildman–Crippen MR) is 101 cm³/mol. The van der Waals surface area contributed by atoms with Gasteiger partial charge in [-0.2, -0.15) is 0 Å². The molecule has 0 spiro atoms. The van der Waals surface area contributed by atoms with Gasteiger partial charge in [0.05, 0.1) is 39.0 Å². The summed E-state index contributed by atoms with van der Waals surface area (Å²) < 4.78 is 10.6. The summed E-state index contributed by atoms with van der Waals surface area (Å²) in [6.07, 6.45) is 3.10. The van der Waals surface area contributed by atoms with E-state index < -0.39 is 0 Å². The number of carbonyl (C=O) groups excluding carboxylic acids is 1. The van der Waals surface area contributed by atoms with E-state index in [0.717, 1.165) is 48.0 Å². The molecular weight excluding hydrogens is 344 g/mol. The Morgan fingerprint density at radius 3 is 2.70 bits per heavy atom. The smallest absolute Gasteiger partial charge is 0.227 e. The molecule has 0 bridgehead atoms. The molecule has 4 rings (SSSR count). The quantitative estimate of drug-likeness (QED) is 0.814. The van der Waals surface area contributed by atoms with Gasteiger partial charge in [0.15, 0.2) is 0 Å². The van der Waals surface area contributed by atoms with Crippen molar-refractivity contribution in [3.63, 3.8) is 0 Å². The fourth-order valence-corrected chi connectivity index (χ4v) is 3.45. The molecule has 7 nitrogen and oxygen atoms in total. The normalized spacial score (nSPS) is 16.8. The third-order valence-electron chi connectivity index (χ3n) is 5.09. The lowest BCUT2D eigenvalue weighted by molar-refractivity contribution is -0.131. The summed E-state index contributed by atoms with van der Waals surface area (Å²) in [6, 6.07) is 7.65. The minimum Gasteiger partial charge on any atom is -0.497 e. The number of amides is 1. The van der Waals surface area contributed by atoms with Crippen LogP contribution in [0.5, 0.6) is 5.75 Å². The van der Waals surface area contributed by atoms with Crippen molar-refractivity contribution in [2.75, 3.05) is 44.9 Å². The molecule has 0 saturated carbocycles. The summed E-state index contributed by atoms with van der Waals surface area (Å²) in [5.41, 5.74) is 3.09. The summed E-state index contributed by atoms with van der Waals surface area (Å²) in [6.45, 7) is 4.27. The van der Waals surface area contributed by atoms with Crippen LogP contribution in [0.4, 0.5) is 5.95 Å². The van der Waals surface area contributed by atoms with Crippen molar-refractivity contribution in [3.05, 3.63) is 47.3 Å². The molecule has 1 aromatic heterocycles. The van der Waals surface area contributed by atoms with E-state index in [4.69, 9.17) is 14.5 Å². The number of hydrogen-bond donors (Lipinski definition) is 0. The SMILES string of the molecule is COc1ccc(CC(=O)N2CCc3cnc(N4CCOCC4)nc3C2)cc1. The molecule has 7 heteroatoms. The van der Waals surface area contributed by atoms with Crippen LogP contribution in [0.15, 0.2) is 30.5 Å². The Hall–Kier alpha value is -2.67. The van der Waals surface area contributed by atoms with Crippen molar-refractivity contribution >= 4 is 11.9 Å². The number of methoxy groups -OCH3 is 1. The topological polar surface area (TPSA) is 67.8 Å². The fraction of sp³-hybridized carbons (Fsp3) is 0.450. The Morgan fingerprint density at radius 2 is 1.96 bits per heavy atom. The van der Waals surface area contributed by atoms with Crippen LogP contribution < -0.4 is 9.64 Å². The zero-order valence-electron chi connectivity index (χ0n) is 15.6. The Balaban J connectivity index is 1.43. The monoisotopic (exact) mass is 368 g/mol. The van der Waals surface area contributed by atoms with Gasteiger partial charge >= 0.3 is 0 Å². The molecule has 2 aliphatic heterocycles. The first-order valence-electron chi connectivity index (χ1n) is 9.31. The van der Waals surface area contributed by atoms with Crippen molar-refractivity contribution in [3.8, 4) is 5.75 Å². The molecular formula is C20H24N4O3. The number of nitrogens with zero attached hydrogens (tertiary/aromatic N) is 4. The molecule has 0 atom stereocenters. The number of rotatable bonds is 4. The van der Waals surface area contributed by atoms with Crippen molar-refractivity contribution < 1.29 is 14.3 Å². The first-order chi connectivity index (χ1) is 13.2. The number of morpholine rings is 1. The van der Waals surface area contributed by atoms with E-state index in [1.807, 2.05) is 35.4 Å². The zero-order valence-corrected chi connectivity index (χ0v) is 15.6. The Labute approximate surface area is 158 Å². The Bertz CT molecular complexity index is 803. The van der Waals surface area contributed by atoms with E-state index in [1.54, 1.807) is 7.11 Å². The molecule has 27 heavy (non-hydrogen) atoms. The predicted octanol–water partition coefficient (Wildman–Crippen LogP) is 1.45. The molecule has 0 unspecified atom stereocenters. The van der Waals surface area contributed by atoms with Crippen LogP contribution in [0.1, 0.15) is 16.8 Å². The lowest BCUT2D eigenvalue weighted by atomic mass is 10.1. The van der Waals surface area contributed by atoms with Crippen molar-refractivity contribution in [2.45, 2.75) is 19.4 Å². The van der Waals surface area contributed by atoms with Crippen LogP contribution >= 0.6 is 0 Å². The van der Waals surface area contributed by atoms with Crippen LogP contribution in [0.2, 0.25) is 0 Å². The number of ether oxygens (including phenoxy) is 2. The van der Waals surface area contributed by atoms with E-state index in [-0.39, 0.29) is 5.91 Å². The van der Waals surface area contributed by atoms with Gasteiger partial charge in [-0.05, 0) is 29.7 Å². The Kier molecular flexibility index (Phi) is 5.20. The molecule has 1 fully saturated rings. The van der Waals surface area contributed by atoms with Gasteiger partial charge in [0.25, 0.3) is 0 Å². The van der Waals surface area contributed by atoms with Gasteiger partial charge in [-0.3, -0.25) is 4.79 Å². The van der Waals surface area contributed by atoms with Gasteiger partial charge in [0.1, 0.15) is 5.75 Å². The number of anilines is 1. The fourth-order valence-electron chi connectivity index (χ4n) is 3.45. The molecule has 2 aromatic rings. The van der Waals surface area contributed by atoms with Crippen molar-refractivity contribution in [2.24, 2.45) is 0 Å². The highest BCUT2D eigenvalue weighted by atomic mass is 16.5. The maximum Gasteiger partial charge on any atom is 0.227 e. The number of benzene rings is 1. The van der Waals surface area contributed by atoms with E-state index in [0.29, 0.717) is 32.7 Å². The second-order valence-corrected chi connectivity index (χ2v) is 6.83. The van der Waals surface area contributed by atoms with Crippen LogP contribution in [-0.4, -0.2) is 60.7 Å². The molecule has 1 saturated heterocycles. The molecule has 1 amide bonds. The lowest BCUT2D eigenvalue weighted by Gasteiger charge is -2.30. The van der Waals surface area contributed by atoms with Crippen LogP contribution in [0.25, 0.3) is 0 Å². The molecule has 0 aliphatic carbocycles. The lowest BCUT2D eigenvalue weighted by Crippen LogP contribution is -2.39. The highest BCUT2D eigenvalue weighted by Gasteiger charge is 2.24. The average Bonchev–Trinajstić information content (AvgIpc) is 2.74.